The maximum Gasteiger partial charge on any atom is 0.134 e. The minimum Gasteiger partial charge on any atom is -0.340 e. The summed E-state index contributed by atoms with van der Waals surface area (Å²) in [7, 11) is 0. The molecule has 1 heterocycles. The minimum atomic E-state index is 0.689. The van der Waals surface area contributed by atoms with Gasteiger partial charge in [-0.05, 0) is 25.0 Å². The second-order valence-corrected chi connectivity index (χ2v) is 4.94. The van der Waals surface area contributed by atoms with Crippen LogP contribution in [0, 0.1) is 0 Å². The largest absolute Gasteiger partial charge is 0.340 e. The number of anilines is 1. The van der Waals surface area contributed by atoms with Crippen molar-refractivity contribution >= 4 is 17.4 Å². The van der Waals surface area contributed by atoms with E-state index in [4.69, 9.17) is 11.6 Å². The summed E-state index contributed by atoms with van der Waals surface area (Å²) in [6, 6.07) is 9.57. The zero-order valence-corrected chi connectivity index (χ0v) is 11.6. The van der Waals surface area contributed by atoms with Gasteiger partial charge in [0.2, 0.25) is 0 Å². The van der Waals surface area contributed by atoms with Crippen molar-refractivity contribution < 1.29 is 0 Å². The third-order valence-corrected chi connectivity index (χ3v) is 3.41. The van der Waals surface area contributed by atoms with Gasteiger partial charge in [0.05, 0.1) is 5.69 Å². The summed E-state index contributed by atoms with van der Waals surface area (Å²) in [6.45, 7) is 0. The maximum atomic E-state index is 6.20. The second kappa shape index (κ2) is 5.88. The van der Waals surface area contributed by atoms with Crippen LogP contribution in [-0.2, 0) is 0 Å². The van der Waals surface area contributed by atoms with Crippen molar-refractivity contribution in [2.45, 2.75) is 12.8 Å². The average Bonchev–Trinajstić information content (AvgIpc) is 2.49. The Morgan fingerprint density at radius 1 is 1.10 bits per heavy atom. The van der Waals surface area contributed by atoms with E-state index in [1.54, 1.807) is 6.33 Å². The van der Waals surface area contributed by atoms with Crippen molar-refractivity contribution in [3.8, 4) is 11.3 Å². The predicted octanol–water partition coefficient (Wildman–Crippen LogP) is 4.44. The van der Waals surface area contributed by atoms with Gasteiger partial charge in [0.15, 0.2) is 0 Å². The van der Waals surface area contributed by atoms with E-state index in [-0.39, 0.29) is 0 Å². The number of nitrogens with one attached hydrogen (secondary N) is 1. The average molecular weight is 284 g/mol. The Bertz CT molecular complexity index is 677. The van der Waals surface area contributed by atoms with Crippen LogP contribution in [0.1, 0.15) is 12.8 Å². The van der Waals surface area contributed by atoms with Crippen LogP contribution in [0.2, 0.25) is 5.02 Å². The van der Waals surface area contributed by atoms with Crippen molar-refractivity contribution in [1.29, 1.82) is 0 Å². The summed E-state index contributed by atoms with van der Waals surface area (Å²) < 4.78 is 0. The molecule has 1 aliphatic carbocycles. The van der Waals surface area contributed by atoms with Gasteiger partial charge in [-0.15, -0.1) is 0 Å². The summed E-state index contributed by atoms with van der Waals surface area (Å²) in [5.74, 6) is 0.771. The van der Waals surface area contributed by atoms with E-state index in [1.165, 1.54) is 0 Å². The van der Waals surface area contributed by atoms with Gasteiger partial charge in [-0.1, -0.05) is 42.0 Å². The fraction of sp³-hybridized carbons (Fsp3) is 0.125. The maximum absolute atomic E-state index is 6.20. The first-order chi connectivity index (χ1) is 9.83. The Hall–Kier alpha value is -2.13. The van der Waals surface area contributed by atoms with Crippen LogP contribution in [-0.4, -0.2) is 9.97 Å². The first-order valence-electron chi connectivity index (χ1n) is 6.53. The second-order valence-electron chi connectivity index (χ2n) is 4.53. The third-order valence-electron chi connectivity index (χ3n) is 3.08. The highest BCUT2D eigenvalue weighted by Crippen LogP contribution is 2.27. The highest BCUT2D eigenvalue weighted by atomic mass is 35.5. The normalized spacial score (nSPS) is 13.9. The van der Waals surface area contributed by atoms with E-state index in [0.717, 1.165) is 35.6 Å². The molecule has 0 saturated carbocycles. The quantitative estimate of drug-likeness (QED) is 0.905. The Kier molecular flexibility index (Phi) is 3.79. The van der Waals surface area contributed by atoms with E-state index < -0.39 is 0 Å². The first-order valence-corrected chi connectivity index (χ1v) is 6.91. The van der Waals surface area contributed by atoms with Gasteiger partial charge in [-0.3, -0.25) is 0 Å². The van der Waals surface area contributed by atoms with E-state index in [2.05, 4.69) is 33.5 Å². The lowest BCUT2D eigenvalue weighted by Crippen LogP contribution is -2.02. The third kappa shape index (κ3) is 2.89. The van der Waals surface area contributed by atoms with Crippen LogP contribution in [0.3, 0.4) is 0 Å². The lowest BCUT2D eigenvalue weighted by molar-refractivity contribution is 1.01. The van der Waals surface area contributed by atoms with Crippen LogP contribution in [0.5, 0.6) is 0 Å². The molecular formula is C16H14ClN3. The molecule has 0 bridgehead atoms. The molecule has 2 aromatic rings. The number of nitrogens with zero attached hydrogens (tertiary/aromatic N) is 2. The SMILES string of the molecule is Clc1ccccc1-c1cc(NC2=CCCC=C2)ncn1. The molecule has 0 fully saturated rings. The molecular weight excluding hydrogens is 270 g/mol. The predicted molar refractivity (Wildman–Crippen MR) is 82.6 cm³/mol. The lowest BCUT2D eigenvalue weighted by Gasteiger charge is -2.10. The summed E-state index contributed by atoms with van der Waals surface area (Å²) in [6.07, 6.45) is 10.1. The van der Waals surface area contributed by atoms with Crippen molar-refractivity contribution in [3.63, 3.8) is 0 Å². The van der Waals surface area contributed by atoms with Crippen LogP contribution in [0.4, 0.5) is 5.82 Å². The fourth-order valence-corrected chi connectivity index (χ4v) is 2.33. The van der Waals surface area contributed by atoms with E-state index >= 15 is 0 Å². The zero-order valence-electron chi connectivity index (χ0n) is 10.9. The topological polar surface area (TPSA) is 37.8 Å². The smallest absolute Gasteiger partial charge is 0.134 e. The number of hydrogen-bond donors (Lipinski definition) is 1. The molecule has 0 radical (unpaired) electrons. The molecule has 20 heavy (non-hydrogen) atoms. The van der Waals surface area contributed by atoms with Gasteiger partial charge in [0, 0.05) is 22.3 Å². The van der Waals surface area contributed by atoms with E-state index in [1.807, 2.05) is 30.3 Å². The molecule has 0 atom stereocenters. The molecule has 3 rings (SSSR count). The summed E-state index contributed by atoms with van der Waals surface area (Å²) in [4.78, 5) is 8.54. The number of benzene rings is 1. The highest BCUT2D eigenvalue weighted by Gasteiger charge is 2.06. The molecule has 1 aliphatic rings. The van der Waals surface area contributed by atoms with Gasteiger partial charge in [-0.25, -0.2) is 9.97 Å². The Morgan fingerprint density at radius 2 is 2.00 bits per heavy atom. The van der Waals surface area contributed by atoms with Crippen molar-refractivity contribution in [1.82, 2.24) is 9.97 Å². The Morgan fingerprint density at radius 3 is 2.80 bits per heavy atom. The molecule has 1 aromatic carbocycles. The number of rotatable bonds is 3. The number of halogens is 1. The fourth-order valence-electron chi connectivity index (χ4n) is 2.10. The van der Waals surface area contributed by atoms with E-state index in [0.29, 0.717) is 5.02 Å². The van der Waals surface area contributed by atoms with Crippen molar-refractivity contribution in [3.05, 3.63) is 65.6 Å². The van der Waals surface area contributed by atoms with Gasteiger partial charge in [0.25, 0.3) is 0 Å². The zero-order chi connectivity index (χ0) is 13.8. The first kappa shape index (κ1) is 12.9. The summed E-state index contributed by atoms with van der Waals surface area (Å²) >= 11 is 6.20. The van der Waals surface area contributed by atoms with Crippen molar-refractivity contribution in [2.24, 2.45) is 0 Å². The summed E-state index contributed by atoms with van der Waals surface area (Å²) in [5, 5.41) is 3.98. The van der Waals surface area contributed by atoms with Gasteiger partial charge >= 0.3 is 0 Å². The highest BCUT2D eigenvalue weighted by molar-refractivity contribution is 6.33. The summed E-state index contributed by atoms with van der Waals surface area (Å²) in [5.41, 5.74) is 2.79. The number of aromatic nitrogens is 2. The molecule has 3 nitrogen and oxygen atoms in total. The van der Waals surface area contributed by atoms with Crippen LogP contribution >= 0.6 is 11.6 Å². The van der Waals surface area contributed by atoms with Gasteiger partial charge < -0.3 is 5.32 Å². The molecule has 4 heteroatoms. The Balaban J connectivity index is 1.88. The van der Waals surface area contributed by atoms with Gasteiger partial charge in [0.1, 0.15) is 12.1 Å². The number of hydrogen-bond acceptors (Lipinski definition) is 3. The minimum absolute atomic E-state index is 0.689. The molecule has 0 saturated heterocycles. The van der Waals surface area contributed by atoms with Crippen LogP contribution < -0.4 is 5.32 Å². The molecule has 100 valence electrons. The molecule has 1 aromatic heterocycles. The van der Waals surface area contributed by atoms with E-state index in [9.17, 15) is 0 Å². The van der Waals surface area contributed by atoms with Crippen molar-refractivity contribution in [2.75, 3.05) is 5.32 Å². The monoisotopic (exact) mass is 283 g/mol. The Labute approximate surface area is 123 Å². The van der Waals surface area contributed by atoms with Crippen LogP contribution in [0.25, 0.3) is 11.3 Å². The molecule has 0 spiro atoms. The molecule has 0 amide bonds. The molecule has 0 unspecified atom stereocenters. The molecule has 1 N–H and O–H groups in total. The number of allylic oxidation sites excluding steroid dienone is 3. The standard InChI is InChI=1S/C16H14ClN3/c17-14-9-5-4-8-13(14)15-10-16(19-11-18-15)20-12-6-2-1-3-7-12/h2,4-11H,1,3H2,(H,18,19,20). The van der Waals surface area contributed by atoms with Gasteiger partial charge in [-0.2, -0.15) is 0 Å². The lowest BCUT2D eigenvalue weighted by atomic mass is 10.1. The van der Waals surface area contributed by atoms with Crippen LogP contribution in [0.15, 0.2) is 60.6 Å². The molecule has 0 aliphatic heterocycles.